The van der Waals surface area contributed by atoms with Crippen LogP contribution in [-0.4, -0.2) is 24.3 Å². The minimum Gasteiger partial charge on any atom is -0.493 e. The summed E-state index contributed by atoms with van der Waals surface area (Å²) in [7, 11) is 1.56. The fourth-order valence-electron chi connectivity index (χ4n) is 5.25. The van der Waals surface area contributed by atoms with Gasteiger partial charge in [0.25, 0.3) is 5.56 Å². The molecule has 1 aliphatic heterocycles. The van der Waals surface area contributed by atoms with Gasteiger partial charge in [-0.1, -0.05) is 77.5 Å². The van der Waals surface area contributed by atoms with E-state index < -0.39 is 17.8 Å². The number of fused-ring (bicyclic) bond motifs is 1. The van der Waals surface area contributed by atoms with E-state index in [0.717, 1.165) is 9.13 Å². The van der Waals surface area contributed by atoms with Crippen LogP contribution in [0, 0.1) is 9.39 Å². The number of halogens is 3. The molecule has 0 unspecified atom stereocenters. The van der Waals surface area contributed by atoms with Crippen LogP contribution in [0.15, 0.2) is 106 Å². The minimum absolute atomic E-state index is 0.130. The molecule has 0 aliphatic carbocycles. The number of methoxy groups -OCH3 is 1. The quantitative estimate of drug-likeness (QED) is 0.120. The van der Waals surface area contributed by atoms with E-state index in [9.17, 15) is 14.0 Å². The smallest absolute Gasteiger partial charge is 0.338 e. The number of aromatic nitrogens is 1. The highest BCUT2D eigenvalue weighted by molar-refractivity contribution is 14.1. The lowest BCUT2D eigenvalue weighted by Crippen LogP contribution is -2.40. The number of thiazole rings is 1. The summed E-state index contributed by atoms with van der Waals surface area (Å²) in [5.74, 6) is 0.0389. The molecular formula is C36H27ClFIN2O5S. The largest absolute Gasteiger partial charge is 0.493 e. The first-order valence-corrected chi connectivity index (χ1v) is 16.8. The lowest BCUT2D eigenvalue weighted by molar-refractivity contribution is -0.138. The van der Waals surface area contributed by atoms with Gasteiger partial charge in [-0.3, -0.25) is 9.36 Å². The van der Waals surface area contributed by atoms with Gasteiger partial charge in [-0.2, -0.15) is 0 Å². The van der Waals surface area contributed by atoms with E-state index in [-0.39, 0.29) is 17.7 Å². The molecule has 0 fully saturated rings. The molecule has 0 amide bonds. The summed E-state index contributed by atoms with van der Waals surface area (Å²) in [6.45, 7) is 2.16. The highest BCUT2D eigenvalue weighted by atomic mass is 127. The third-order valence-electron chi connectivity index (χ3n) is 7.41. The van der Waals surface area contributed by atoms with E-state index >= 15 is 0 Å². The van der Waals surface area contributed by atoms with Gasteiger partial charge in [-0.15, -0.1) is 0 Å². The summed E-state index contributed by atoms with van der Waals surface area (Å²) in [6.07, 6.45) is 1.76. The lowest BCUT2D eigenvalue weighted by atomic mass is 9.93. The molecule has 7 nitrogen and oxygen atoms in total. The maximum atomic E-state index is 14.2. The van der Waals surface area contributed by atoms with Crippen LogP contribution >= 0.6 is 45.5 Å². The van der Waals surface area contributed by atoms with Crippen molar-refractivity contribution >= 4 is 63.3 Å². The Morgan fingerprint density at radius 1 is 1.06 bits per heavy atom. The van der Waals surface area contributed by atoms with Crippen LogP contribution in [0.1, 0.15) is 35.2 Å². The molecule has 0 saturated heterocycles. The summed E-state index contributed by atoms with van der Waals surface area (Å²) < 4.78 is 34.0. The van der Waals surface area contributed by atoms with Gasteiger partial charge < -0.3 is 14.2 Å². The summed E-state index contributed by atoms with van der Waals surface area (Å²) in [4.78, 5) is 33.0. The monoisotopic (exact) mass is 780 g/mol. The van der Waals surface area contributed by atoms with E-state index in [1.165, 1.54) is 28.0 Å². The Kier molecular flexibility index (Phi) is 9.90. The average molecular weight is 781 g/mol. The molecule has 0 saturated carbocycles. The van der Waals surface area contributed by atoms with Gasteiger partial charge in [-0.05, 0) is 88.7 Å². The zero-order valence-electron chi connectivity index (χ0n) is 25.2. The fourth-order valence-corrected chi connectivity index (χ4v) is 7.16. The van der Waals surface area contributed by atoms with Crippen molar-refractivity contribution < 1.29 is 23.4 Å². The Hall–Kier alpha value is -4.26. The number of hydrogen-bond donors (Lipinski definition) is 0. The van der Waals surface area contributed by atoms with E-state index in [0.29, 0.717) is 54.8 Å². The third kappa shape index (κ3) is 6.90. The van der Waals surface area contributed by atoms with E-state index in [4.69, 9.17) is 30.8 Å². The van der Waals surface area contributed by atoms with Crippen LogP contribution in [0.2, 0.25) is 5.02 Å². The Morgan fingerprint density at radius 3 is 2.47 bits per heavy atom. The van der Waals surface area contributed by atoms with E-state index in [2.05, 4.69) is 22.6 Å². The highest BCUT2D eigenvalue weighted by Gasteiger charge is 2.35. The molecule has 47 heavy (non-hydrogen) atoms. The zero-order chi connectivity index (χ0) is 33.1. The van der Waals surface area contributed by atoms with Crippen LogP contribution in [0.3, 0.4) is 0 Å². The molecule has 6 rings (SSSR count). The SMILES string of the molecule is CCOC(=O)C1=C(c2ccccc2)N=c2s/c(=C\c3cc(I)c(OCc4ccc(Cl)cc4)c(OC)c3)c(=O)n2[C@H]1c1ccc(F)cc1. The van der Waals surface area contributed by atoms with Crippen molar-refractivity contribution in [1.82, 2.24) is 4.57 Å². The van der Waals surface area contributed by atoms with Gasteiger partial charge in [0.2, 0.25) is 0 Å². The Balaban J connectivity index is 1.48. The van der Waals surface area contributed by atoms with E-state index in [1.807, 2.05) is 48.5 Å². The van der Waals surface area contributed by atoms with Gasteiger partial charge in [0, 0.05) is 10.6 Å². The molecule has 11 heteroatoms. The number of benzene rings is 4. The highest BCUT2D eigenvalue weighted by Crippen LogP contribution is 2.36. The number of carbonyl (C=O) groups is 1. The molecule has 1 atom stereocenters. The molecule has 5 aromatic rings. The second-order valence-electron chi connectivity index (χ2n) is 10.4. The lowest BCUT2D eigenvalue weighted by Gasteiger charge is -2.25. The predicted molar refractivity (Wildman–Crippen MR) is 189 cm³/mol. The number of carbonyl (C=O) groups excluding carboxylic acids is 1. The van der Waals surface area contributed by atoms with Crippen LogP contribution in [0.5, 0.6) is 11.5 Å². The van der Waals surface area contributed by atoms with Crippen LogP contribution in [0.25, 0.3) is 11.8 Å². The van der Waals surface area contributed by atoms with Crippen molar-refractivity contribution in [3.8, 4) is 11.5 Å². The van der Waals surface area contributed by atoms with Crippen molar-refractivity contribution in [3.05, 3.63) is 153 Å². The van der Waals surface area contributed by atoms with Gasteiger partial charge in [-0.25, -0.2) is 14.2 Å². The summed E-state index contributed by atoms with van der Waals surface area (Å²) in [5.41, 5.74) is 3.13. The molecule has 1 aromatic heterocycles. The minimum atomic E-state index is -0.901. The summed E-state index contributed by atoms with van der Waals surface area (Å²) in [5, 5.41) is 0.646. The number of rotatable bonds is 9. The van der Waals surface area contributed by atoms with Crippen molar-refractivity contribution in [2.75, 3.05) is 13.7 Å². The molecule has 0 spiro atoms. The van der Waals surface area contributed by atoms with Gasteiger partial charge in [0.15, 0.2) is 16.3 Å². The molecule has 4 aromatic carbocycles. The first-order valence-electron chi connectivity index (χ1n) is 14.6. The van der Waals surface area contributed by atoms with Crippen molar-refractivity contribution in [1.29, 1.82) is 0 Å². The first-order chi connectivity index (χ1) is 22.8. The Morgan fingerprint density at radius 2 is 1.79 bits per heavy atom. The second-order valence-corrected chi connectivity index (χ2v) is 13.0. The summed E-state index contributed by atoms with van der Waals surface area (Å²) >= 11 is 9.39. The fraction of sp³-hybridized carbons (Fsp3) is 0.139. The van der Waals surface area contributed by atoms with Crippen molar-refractivity contribution in [2.45, 2.75) is 19.6 Å². The Bertz CT molecular complexity index is 2160. The molecular weight excluding hydrogens is 754 g/mol. The molecule has 0 radical (unpaired) electrons. The van der Waals surface area contributed by atoms with Crippen LogP contribution < -0.4 is 24.4 Å². The van der Waals surface area contributed by atoms with Gasteiger partial charge in [0.1, 0.15) is 12.4 Å². The number of nitrogens with zero attached hydrogens (tertiary/aromatic N) is 2. The first kappa shape index (κ1) is 32.7. The molecule has 0 bridgehead atoms. The average Bonchev–Trinajstić information content (AvgIpc) is 3.38. The number of esters is 1. The third-order valence-corrected chi connectivity index (χ3v) is 9.44. The standard InChI is InChI=1S/C36H27ClFIN2O5S/c1-3-45-35(43)30-31(23-7-5-4-6-8-23)40-36-41(32(30)24-11-15-26(38)16-12-24)34(42)29(47-36)19-22-17-27(39)33(28(18-22)44-2)46-20-21-9-13-25(37)14-10-21/h4-19,32H,3,20H2,1-2H3/b29-19-/t32-/m0/s1. The normalized spacial score (nSPS) is 14.4. The van der Waals surface area contributed by atoms with Gasteiger partial charge in [0.05, 0.1) is 39.1 Å². The zero-order valence-corrected chi connectivity index (χ0v) is 28.9. The summed E-state index contributed by atoms with van der Waals surface area (Å²) in [6, 6.07) is 25.2. The maximum Gasteiger partial charge on any atom is 0.338 e. The second kappa shape index (κ2) is 14.2. The van der Waals surface area contributed by atoms with Crippen LogP contribution in [-0.2, 0) is 16.1 Å². The van der Waals surface area contributed by atoms with Crippen molar-refractivity contribution in [3.63, 3.8) is 0 Å². The number of hydrogen-bond acceptors (Lipinski definition) is 7. The molecule has 2 heterocycles. The maximum absolute atomic E-state index is 14.2. The van der Waals surface area contributed by atoms with E-state index in [1.54, 1.807) is 50.4 Å². The van der Waals surface area contributed by atoms with Gasteiger partial charge >= 0.3 is 5.97 Å². The van der Waals surface area contributed by atoms with Crippen LogP contribution in [0.4, 0.5) is 4.39 Å². The molecule has 1 aliphatic rings. The topological polar surface area (TPSA) is 79.1 Å². The predicted octanol–water partition coefficient (Wildman–Crippen LogP) is 6.92. The Labute approximate surface area is 292 Å². The number of ether oxygens (including phenoxy) is 3. The molecule has 238 valence electrons. The molecule has 0 N–H and O–H groups in total. The van der Waals surface area contributed by atoms with Crippen molar-refractivity contribution in [2.24, 2.45) is 4.99 Å².